The Hall–Kier alpha value is -2.23. The number of rotatable bonds is 8. The van der Waals surface area contributed by atoms with Crippen LogP contribution in [-0.4, -0.2) is 34.1 Å². The number of nitrogens with one attached hydrogen (secondary N) is 1. The molecular formula is C20H22N2O4S3. The van der Waals surface area contributed by atoms with Gasteiger partial charge >= 0.3 is 0 Å². The average Bonchev–Trinajstić information content (AvgIpc) is 3.15. The number of benzene rings is 2. The summed E-state index contributed by atoms with van der Waals surface area (Å²) < 4.78 is 50.7. The van der Waals surface area contributed by atoms with Crippen molar-refractivity contribution >= 4 is 36.0 Å². The molecule has 154 valence electrons. The zero-order valence-corrected chi connectivity index (χ0v) is 18.6. The third-order valence-electron chi connectivity index (χ3n) is 4.35. The van der Waals surface area contributed by atoms with Crippen molar-refractivity contribution in [3.05, 3.63) is 65.7 Å². The minimum atomic E-state index is -3.96. The fourth-order valence-corrected chi connectivity index (χ4v) is 6.65. The topological polar surface area (TPSA) is 93.2 Å². The number of thiazole rings is 1. The van der Waals surface area contributed by atoms with Crippen molar-refractivity contribution in [2.75, 3.05) is 17.6 Å². The molecule has 0 bridgehead atoms. The normalized spacial score (nSPS) is 12.1. The summed E-state index contributed by atoms with van der Waals surface area (Å²) in [5.41, 5.74) is 2.02. The minimum Gasteiger partial charge on any atom is -0.374 e. The molecule has 0 fully saturated rings. The Morgan fingerprint density at radius 2 is 1.62 bits per heavy atom. The van der Waals surface area contributed by atoms with E-state index in [1.54, 1.807) is 12.1 Å². The molecule has 3 aromatic rings. The van der Waals surface area contributed by atoms with Crippen molar-refractivity contribution in [1.82, 2.24) is 4.98 Å². The molecule has 0 saturated heterocycles. The molecule has 29 heavy (non-hydrogen) atoms. The monoisotopic (exact) mass is 450 g/mol. The molecule has 1 heterocycles. The summed E-state index contributed by atoms with van der Waals surface area (Å²) in [7, 11) is -7.58. The van der Waals surface area contributed by atoms with E-state index >= 15 is 0 Å². The number of aromatic nitrogens is 1. The number of nitrogens with zero attached hydrogens (tertiary/aromatic N) is 1. The molecule has 0 atom stereocenters. The van der Waals surface area contributed by atoms with E-state index in [4.69, 9.17) is 0 Å². The zero-order chi connectivity index (χ0) is 21.1. The minimum absolute atomic E-state index is 0.0833. The van der Waals surface area contributed by atoms with Crippen molar-refractivity contribution < 1.29 is 16.8 Å². The van der Waals surface area contributed by atoms with Crippen LogP contribution in [0.5, 0.6) is 0 Å². The maximum atomic E-state index is 13.1. The molecular weight excluding hydrogens is 428 g/mol. The Labute approximate surface area is 175 Å². The van der Waals surface area contributed by atoms with Gasteiger partial charge in [0, 0.05) is 6.54 Å². The van der Waals surface area contributed by atoms with Crippen LogP contribution in [0.3, 0.4) is 0 Å². The highest BCUT2D eigenvalue weighted by atomic mass is 32.2. The van der Waals surface area contributed by atoms with Gasteiger partial charge in [0.25, 0.3) is 0 Å². The lowest BCUT2D eigenvalue weighted by atomic mass is 10.1. The highest BCUT2D eigenvalue weighted by molar-refractivity contribution is 7.94. The van der Waals surface area contributed by atoms with Crippen LogP contribution >= 0.6 is 11.3 Å². The van der Waals surface area contributed by atoms with Gasteiger partial charge in [-0.15, -0.1) is 0 Å². The van der Waals surface area contributed by atoms with E-state index < -0.39 is 19.7 Å². The van der Waals surface area contributed by atoms with Gasteiger partial charge in [0.15, 0.2) is 5.03 Å². The number of aryl methyl sites for hydroxylation is 1. The van der Waals surface area contributed by atoms with Crippen LogP contribution in [0, 0.1) is 6.92 Å². The zero-order valence-electron chi connectivity index (χ0n) is 16.1. The van der Waals surface area contributed by atoms with E-state index in [0.29, 0.717) is 13.0 Å². The second kappa shape index (κ2) is 8.64. The lowest BCUT2D eigenvalue weighted by Gasteiger charge is -2.07. The molecule has 6 nitrogen and oxygen atoms in total. The summed E-state index contributed by atoms with van der Waals surface area (Å²) in [6.45, 7) is 3.82. The van der Waals surface area contributed by atoms with Crippen molar-refractivity contribution in [3.8, 4) is 0 Å². The summed E-state index contributed by atoms with van der Waals surface area (Å²) in [5, 5.41) is 3.08. The van der Waals surface area contributed by atoms with Crippen LogP contribution in [0.4, 0.5) is 5.00 Å². The van der Waals surface area contributed by atoms with Crippen LogP contribution in [-0.2, 0) is 26.1 Å². The molecule has 0 aliphatic heterocycles. The molecule has 0 spiro atoms. The fraction of sp³-hybridized carbons (Fsp3) is 0.250. The van der Waals surface area contributed by atoms with Gasteiger partial charge in [-0.05, 0) is 31.0 Å². The van der Waals surface area contributed by atoms with E-state index in [0.717, 1.165) is 22.5 Å². The first kappa shape index (κ1) is 21.5. The first-order valence-corrected chi connectivity index (χ1v) is 13.0. The van der Waals surface area contributed by atoms with E-state index in [2.05, 4.69) is 10.3 Å². The average molecular weight is 451 g/mol. The fourth-order valence-electron chi connectivity index (χ4n) is 2.63. The second-order valence-electron chi connectivity index (χ2n) is 6.50. The Morgan fingerprint density at radius 3 is 2.24 bits per heavy atom. The molecule has 3 rings (SSSR count). The summed E-state index contributed by atoms with van der Waals surface area (Å²) in [5.74, 6) is -0.145. The highest BCUT2D eigenvalue weighted by Gasteiger charge is 2.29. The third-order valence-corrected chi connectivity index (χ3v) is 9.38. The molecule has 0 amide bonds. The van der Waals surface area contributed by atoms with Gasteiger partial charge < -0.3 is 5.32 Å². The van der Waals surface area contributed by atoms with Crippen molar-refractivity contribution in [2.45, 2.75) is 34.5 Å². The molecule has 0 unspecified atom stereocenters. The number of sulfone groups is 2. The van der Waals surface area contributed by atoms with Crippen LogP contribution in [0.25, 0.3) is 0 Å². The van der Waals surface area contributed by atoms with Gasteiger partial charge in [-0.3, -0.25) is 0 Å². The van der Waals surface area contributed by atoms with Crippen LogP contribution in [0.1, 0.15) is 18.1 Å². The highest BCUT2D eigenvalue weighted by Crippen LogP contribution is 2.35. The number of hydrogen-bond acceptors (Lipinski definition) is 7. The smallest absolute Gasteiger partial charge is 0.226 e. The third kappa shape index (κ3) is 4.85. The largest absolute Gasteiger partial charge is 0.374 e. The summed E-state index contributed by atoms with van der Waals surface area (Å²) in [6.07, 6.45) is 0.665. The van der Waals surface area contributed by atoms with Crippen molar-refractivity contribution in [1.29, 1.82) is 0 Å². The predicted octanol–water partition coefficient (Wildman–Crippen LogP) is 3.73. The lowest BCUT2D eigenvalue weighted by molar-refractivity contribution is 0.590. The van der Waals surface area contributed by atoms with Gasteiger partial charge in [-0.1, -0.05) is 66.3 Å². The Morgan fingerprint density at radius 1 is 0.966 bits per heavy atom. The maximum Gasteiger partial charge on any atom is 0.226 e. The summed E-state index contributed by atoms with van der Waals surface area (Å²) in [6, 6.07) is 16.2. The first-order valence-electron chi connectivity index (χ1n) is 9.07. The van der Waals surface area contributed by atoms with E-state index in [1.807, 2.05) is 37.3 Å². The molecule has 1 N–H and O–H groups in total. The van der Waals surface area contributed by atoms with Crippen LogP contribution in [0.2, 0.25) is 0 Å². The van der Waals surface area contributed by atoms with Crippen molar-refractivity contribution in [2.24, 2.45) is 0 Å². The van der Waals surface area contributed by atoms with Gasteiger partial charge in [-0.25, -0.2) is 21.8 Å². The Kier molecular flexibility index (Phi) is 6.40. The quantitative estimate of drug-likeness (QED) is 0.562. The molecule has 1 aromatic heterocycles. The van der Waals surface area contributed by atoms with Gasteiger partial charge in [0.2, 0.25) is 24.0 Å². The van der Waals surface area contributed by atoms with Gasteiger partial charge in [0.05, 0.1) is 10.6 Å². The number of hydrogen-bond donors (Lipinski definition) is 1. The second-order valence-corrected chi connectivity index (χ2v) is 11.8. The lowest BCUT2D eigenvalue weighted by Crippen LogP contribution is -2.10. The Balaban J connectivity index is 1.96. The number of anilines is 1. The molecule has 0 saturated carbocycles. The van der Waals surface area contributed by atoms with E-state index in [-0.39, 0.29) is 25.0 Å². The SMILES string of the molecule is CCS(=O)(=O)c1nc(S(=O)(=O)c2ccc(C)cc2)c(NCCc2ccccc2)s1. The van der Waals surface area contributed by atoms with Crippen LogP contribution in [0.15, 0.2) is 68.9 Å². The maximum absolute atomic E-state index is 13.1. The summed E-state index contributed by atoms with van der Waals surface area (Å²) >= 11 is 0.862. The molecule has 2 aromatic carbocycles. The van der Waals surface area contributed by atoms with Crippen LogP contribution < -0.4 is 5.32 Å². The molecule has 0 aliphatic rings. The van der Waals surface area contributed by atoms with Crippen molar-refractivity contribution in [3.63, 3.8) is 0 Å². The molecule has 0 radical (unpaired) electrons. The van der Waals surface area contributed by atoms with Gasteiger partial charge in [-0.2, -0.15) is 0 Å². The van der Waals surface area contributed by atoms with E-state index in [9.17, 15) is 16.8 Å². The first-order chi connectivity index (χ1) is 13.7. The predicted molar refractivity (Wildman–Crippen MR) is 115 cm³/mol. The van der Waals surface area contributed by atoms with E-state index in [1.165, 1.54) is 19.1 Å². The molecule has 9 heteroatoms. The molecule has 0 aliphatic carbocycles. The Bertz CT molecular complexity index is 1180. The summed E-state index contributed by atoms with van der Waals surface area (Å²) in [4.78, 5) is 4.11. The standard InChI is InChI=1S/C20H22N2O4S3/c1-3-28(23,24)20-22-19(29(25,26)17-11-9-15(2)10-12-17)18(27-20)21-14-13-16-7-5-4-6-8-16/h4-12,21H,3,13-14H2,1-2H3. The van der Waals surface area contributed by atoms with Gasteiger partial charge in [0.1, 0.15) is 5.00 Å².